The second-order valence-electron chi connectivity index (χ2n) is 3.46. The van der Waals surface area contributed by atoms with Gasteiger partial charge in [0.05, 0.1) is 16.3 Å². The van der Waals surface area contributed by atoms with Gasteiger partial charge in [-0.2, -0.15) is 0 Å². The average Bonchev–Trinajstić information content (AvgIpc) is 2.87. The van der Waals surface area contributed by atoms with Crippen LogP contribution >= 0.6 is 34.3 Å². The Morgan fingerprint density at radius 3 is 2.72 bits per heavy atom. The summed E-state index contributed by atoms with van der Waals surface area (Å²) < 4.78 is 0.645. The third kappa shape index (κ3) is 3.10. The van der Waals surface area contributed by atoms with Crippen molar-refractivity contribution in [2.45, 2.75) is 6.42 Å². The minimum Gasteiger partial charge on any atom is -0.366 e. The number of amides is 2. The van der Waals surface area contributed by atoms with Crippen LogP contribution < -0.4 is 11.1 Å². The molecule has 0 saturated heterocycles. The summed E-state index contributed by atoms with van der Waals surface area (Å²) in [5, 5.41) is 4.86. The highest BCUT2D eigenvalue weighted by Gasteiger charge is 2.13. The number of nitrogens with one attached hydrogen (secondary N) is 1. The molecule has 0 unspecified atom stereocenters. The van der Waals surface area contributed by atoms with Crippen LogP contribution in [0, 0.1) is 0 Å². The van der Waals surface area contributed by atoms with E-state index in [0.29, 0.717) is 14.9 Å². The van der Waals surface area contributed by atoms with E-state index in [-0.39, 0.29) is 12.3 Å². The third-order valence-corrected chi connectivity index (χ3v) is 4.21. The van der Waals surface area contributed by atoms with Gasteiger partial charge in [-0.05, 0) is 23.6 Å². The molecule has 2 aromatic heterocycles. The van der Waals surface area contributed by atoms with E-state index in [2.05, 4.69) is 5.32 Å². The monoisotopic (exact) mass is 300 g/mol. The standard InChI is InChI=1S/C11H9ClN2O2S2/c12-8-2-1-6(18-8)5-9(15)14-11-7(10(13)16)3-4-17-11/h1-4H,5H2,(H2,13,16)(H,14,15). The largest absolute Gasteiger partial charge is 0.366 e. The fourth-order valence-corrected chi connectivity index (χ4v) is 3.27. The summed E-state index contributed by atoms with van der Waals surface area (Å²) in [6.07, 6.45) is 0.230. The molecule has 0 aliphatic rings. The molecular weight excluding hydrogens is 292 g/mol. The van der Waals surface area contributed by atoms with Crippen molar-refractivity contribution in [1.82, 2.24) is 0 Å². The SMILES string of the molecule is NC(=O)c1ccsc1NC(=O)Cc1ccc(Cl)s1. The molecule has 0 aliphatic carbocycles. The van der Waals surface area contributed by atoms with E-state index >= 15 is 0 Å². The van der Waals surface area contributed by atoms with Crippen molar-refractivity contribution < 1.29 is 9.59 Å². The van der Waals surface area contributed by atoms with Gasteiger partial charge in [-0.3, -0.25) is 9.59 Å². The van der Waals surface area contributed by atoms with Crippen molar-refractivity contribution in [2.24, 2.45) is 5.73 Å². The lowest BCUT2D eigenvalue weighted by molar-refractivity contribution is -0.115. The van der Waals surface area contributed by atoms with E-state index in [9.17, 15) is 9.59 Å². The maximum atomic E-state index is 11.8. The van der Waals surface area contributed by atoms with Crippen molar-refractivity contribution in [1.29, 1.82) is 0 Å². The van der Waals surface area contributed by atoms with Gasteiger partial charge >= 0.3 is 0 Å². The summed E-state index contributed by atoms with van der Waals surface area (Å²) in [6, 6.07) is 5.13. The van der Waals surface area contributed by atoms with Crippen molar-refractivity contribution in [2.75, 3.05) is 5.32 Å². The minimum absolute atomic E-state index is 0.196. The fourth-order valence-electron chi connectivity index (χ4n) is 1.38. The highest BCUT2D eigenvalue weighted by atomic mass is 35.5. The Morgan fingerprint density at radius 1 is 1.33 bits per heavy atom. The summed E-state index contributed by atoms with van der Waals surface area (Å²) in [6.45, 7) is 0. The van der Waals surface area contributed by atoms with Crippen LogP contribution in [0.5, 0.6) is 0 Å². The number of carbonyl (C=O) groups is 2. The lowest BCUT2D eigenvalue weighted by Gasteiger charge is -2.03. The molecule has 2 amide bonds. The van der Waals surface area contributed by atoms with Crippen molar-refractivity contribution in [3.05, 3.63) is 38.4 Å². The van der Waals surface area contributed by atoms with Crippen LogP contribution in [0.4, 0.5) is 5.00 Å². The molecule has 0 spiro atoms. The molecule has 0 saturated carbocycles. The molecule has 4 nitrogen and oxygen atoms in total. The zero-order chi connectivity index (χ0) is 13.1. The van der Waals surface area contributed by atoms with Crippen LogP contribution in [0.25, 0.3) is 0 Å². The average molecular weight is 301 g/mol. The molecule has 0 aliphatic heterocycles. The van der Waals surface area contributed by atoms with Crippen LogP contribution in [0.3, 0.4) is 0 Å². The number of halogens is 1. The Kier molecular flexibility index (Phi) is 4.00. The smallest absolute Gasteiger partial charge is 0.251 e. The van der Waals surface area contributed by atoms with E-state index in [1.54, 1.807) is 23.6 Å². The van der Waals surface area contributed by atoms with Crippen LogP contribution in [-0.2, 0) is 11.2 Å². The van der Waals surface area contributed by atoms with Crippen molar-refractivity contribution in [3.63, 3.8) is 0 Å². The predicted octanol–water partition coefficient (Wildman–Crippen LogP) is 2.74. The first-order valence-corrected chi connectivity index (χ1v) is 7.05. The van der Waals surface area contributed by atoms with Gasteiger partial charge in [0.1, 0.15) is 5.00 Å². The van der Waals surface area contributed by atoms with Crippen LogP contribution in [0.1, 0.15) is 15.2 Å². The van der Waals surface area contributed by atoms with Crippen molar-refractivity contribution in [3.8, 4) is 0 Å². The molecule has 3 N–H and O–H groups in total. The van der Waals surface area contributed by atoms with Gasteiger partial charge in [-0.25, -0.2) is 0 Å². The molecule has 0 bridgehead atoms. The maximum absolute atomic E-state index is 11.8. The Morgan fingerprint density at radius 2 is 2.11 bits per heavy atom. The molecule has 0 fully saturated rings. The zero-order valence-corrected chi connectivity index (χ0v) is 11.5. The summed E-state index contributed by atoms with van der Waals surface area (Å²) in [7, 11) is 0. The first kappa shape index (κ1) is 13.1. The van der Waals surface area contributed by atoms with Crippen LogP contribution in [-0.4, -0.2) is 11.8 Å². The van der Waals surface area contributed by atoms with Gasteiger partial charge in [0.15, 0.2) is 0 Å². The molecule has 2 heterocycles. The van der Waals surface area contributed by atoms with Crippen LogP contribution in [0.15, 0.2) is 23.6 Å². The van der Waals surface area contributed by atoms with Gasteiger partial charge < -0.3 is 11.1 Å². The molecule has 94 valence electrons. The number of primary amides is 1. The minimum atomic E-state index is -0.550. The number of nitrogens with two attached hydrogens (primary N) is 1. The number of anilines is 1. The molecule has 0 radical (unpaired) electrons. The quantitative estimate of drug-likeness (QED) is 0.911. The molecular formula is C11H9ClN2O2S2. The molecule has 7 heteroatoms. The normalized spacial score (nSPS) is 10.3. The number of hydrogen-bond acceptors (Lipinski definition) is 4. The molecule has 2 rings (SSSR count). The fraction of sp³-hybridized carbons (Fsp3) is 0.0909. The summed E-state index contributed by atoms with van der Waals surface area (Å²) in [5.74, 6) is -0.746. The molecule has 18 heavy (non-hydrogen) atoms. The van der Waals surface area contributed by atoms with Gasteiger partial charge in [-0.1, -0.05) is 11.6 Å². The lowest BCUT2D eigenvalue weighted by Crippen LogP contribution is -2.17. The van der Waals surface area contributed by atoms with E-state index < -0.39 is 5.91 Å². The second-order valence-corrected chi connectivity index (χ2v) is 6.17. The summed E-state index contributed by atoms with van der Waals surface area (Å²) >= 11 is 8.40. The lowest BCUT2D eigenvalue weighted by atomic mass is 10.3. The van der Waals surface area contributed by atoms with Crippen molar-refractivity contribution >= 4 is 51.1 Å². The van der Waals surface area contributed by atoms with E-state index in [1.807, 2.05) is 0 Å². The highest BCUT2D eigenvalue weighted by molar-refractivity contribution is 7.16. The second kappa shape index (κ2) is 5.51. The predicted molar refractivity (Wildman–Crippen MR) is 74.5 cm³/mol. The molecule has 0 aromatic carbocycles. The van der Waals surface area contributed by atoms with Crippen LogP contribution in [0.2, 0.25) is 4.34 Å². The number of rotatable bonds is 4. The first-order valence-electron chi connectivity index (χ1n) is 4.97. The molecule has 0 atom stereocenters. The molecule has 2 aromatic rings. The van der Waals surface area contributed by atoms with E-state index in [1.165, 1.54) is 22.7 Å². The highest BCUT2D eigenvalue weighted by Crippen LogP contribution is 2.24. The first-order chi connectivity index (χ1) is 8.56. The number of carbonyl (C=O) groups excluding carboxylic acids is 2. The Balaban J connectivity index is 2.03. The summed E-state index contributed by atoms with van der Waals surface area (Å²) in [4.78, 5) is 23.7. The number of hydrogen-bond donors (Lipinski definition) is 2. The topological polar surface area (TPSA) is 72.2 Å². The van der Waals surface area contributed by atoms with E-state index in [4.69, 9.17) is 17.3 Å². The van der Waals surface area contributed by atoms with Gasteiger partial charge in [0, 0.05) is 4.88 Å². The Labute approximate surface area is 116 Å². The van der Waals surface area contributed by atoms with E-state index in [0.717, 1.165) is 4.88 Å². The Bertz CT molecular complexity index is 591. The zero-order valence-electron chi connectivity index (χ0n) is 9.10. The van der Waals surface area contributed by atoms with Gasteiger partial charge in [-0.15, -0.1) is 22.7 Å². The van der Waals surface area contributed by atoms with Gasteiger partial charge in [0.2, 0.25) is 5.91 Å². The maximum Gasteiger partial charge on any atom is 0.251 e. The Hall–Kier alpha value is -1.37. The number of thiophene rings is 2. The third-order valence-electron chi connectivity index (χ3n) is 2.15. The van der Waals surface area contributed by atoms with Gasteiger partial charge in [0.25, 0.3) is 5.91 Å². The summed E-state index contributed by atoms with van der Waals surface area (Å²) in [5.41, 5.74) is 5.52.